The first-order valence-corrected chi connectivity index (χ1v) is 9.30. The summed E-state index contributed by atoms with van der Waals surface area (Å²) in [6, 6.07) is 4.07. The summed E-state index contributed by atoms with van der Waals surface area (Å²) in [7, 11) is 0. The van der Waals surface area contributed by atoms with Crippen LogP contribution >= 0.6 is 0 Å². The van der Waals surface area contributed by atoms with Gasteiger partial charge < -0.3 is 19.4 Å². The molecule has 2 aromatic rings. The highest BCUT2D eigenvalue weighted by atomic mass is 16.5. The summed E-state index contributed by atoms with van der Waals surface area (Å²) in [6.07, 6.45) is 4.45. The van der Waals surface area contributed by atoms with Crippen molar-refractivity contribution in [2.75, 3.05) is 67.2 Å². The molecule has 0 amide bonds. The minimum atomic E-state index is 0.761. The second kappa shape index (κ2) is 7.82. The topological polar surface area (TPSA) is 70.5 Å². The van der Waals surface area contributed by atoms with Crippen molar-refractivity contribution in [3.63, 3.8) is 0 Å². The SMILES string of the molecule is CCc1cc(N2CCN(c3nccc(N4CCOCC4)n3)CC2)ncn1. The van der Waals surface area contributed by atoms with Crippen molar-refractivity contribution < 1.29 is 4.74 Å². The fourth-order valence-corrected chi connectivity index (χ4v) is 3.35. The zero-order valence-corrected chi connectivity index (χ0v) is 15.2. The Morgan fingerprint density at radius 1 is 0.885 bits per heavy atom. The maximum absolute atomic E-state index is 5.43. The van der Waals surface area contributed by atoms with Gasteiger partial charge in [0.05, 0.1) is 13.2 Å². The molecule has 4 rings (SSSR count). The Hall–Kier alpha value is -2.48. The minimum Gasteiger partial charge on any atom is -0.378 e. The highest BCUT2D eigenvalue weighted by Crippen LogP contribution is 2.19. The summed E-state index contributed by atoms with van der Waals surface area (Å²) >= 11 is 0. The lowest BCUT2D eigenvalue weighted by molar-refractivity contribution is 0.122. The van der Waals surface area contributed by atoms with E-state index in [1.807, 2.05) is 12.3 Å². The fourth-order valence-electron chi connectivity index (χ4n) is 3.35. The zero-order valence-electron chi connectivity index (χ0n) is 15.2. The smallest absolute Gasteiger partial charge is 0.227 e. The fraction of sp³-hybridized carbons (Fsp3) is 0.556. The number of piperazine rings is 1. The minimum absolute atomic E-state index is 0.761. The molecule has 4 heterocycles. The molecule has 0 radical (unpaired) electrons. The van der Waals surface area contributed by atoms with Gasteiger partial charge in [-0.05, 0) is 12.5 Å². The lowest BCUT2D eigenvalue weighted by atomic mass is 10.3. The van der Waals surface area contributed by atoms with Crippen molar-refractivity contribution in [1.29, 1.82) is 0 Å². The number of ether oxygens (including phenoxy) is 1. The van der Waals surface area contributed by atoms with Gasteiger partial charge in [0.1, 0.15) is 18.0 Å². The Labute approximate surface area is 153 Å². The van der Waals surface area contributed by atoms with Crippen LogP contribution in [-0.2, 0) is 11.2 Å². The second-order valence-electron chi connectivity index (χ2n) is 6.51. The van der Waals surface area contributed by atoms with E-state index in [2.05, 4.69) is 42.6 Å². The number of aryl methyl sites for hydroxylation is 1. The third-order valence-electron chi connectivity index (χ3n) is 4.92. The van der Waals surface area contributed by atoms with Crippen LogP contribution in [0.25, 0.3) is 0 Å². The van der Waals surface area contributed by atoms with Crippen LogP contribution in [0.3, 0.4) is 0 Å². The van der Waals surface area contributed by atoms with E-state index in [0.717, 1.165) is 82.2 Å². The third-order valence-corrected chi connectivity index (χ3v) is 4.92. The maximum Gasteiger partial charge on any atom is 0.227 e. The summed E-state index contributed by atoms with van der Waals surface area (Å²) in [5, 5.41) is 0. The van der Waals surface area contributed by atoms with Gasteiger partial charge in [0.2, 0.25) is 5.95 Å². The summed E-state index contributed by atoms with van der Waals surface area (Å²) in [5.41, 5.74) is 1.08. The number of anilines is 3. The van der Waals surface area contributed by atoms with E-state index in [0.29, 0.717) is 0 Å². The van der Waals surface area contributed by atoms with Crippen LogP contribution in [0.2, 0.25) is 0 Å². The van der Waals surface area contributed by atoms with Gasteiger partial charge in [0.25, 0.3) is 0 Å². The summed E-state index contributed by atoms with van der Waals surface area (Å²) in [5.74, 6) is 2.81. The third kappa shape index (κ3) is 3.70. The number of hydrogen-bond acceptors (Lipinski definition) is 8. The Kier molecular flexibility index (Phi) is 5.10. The van der Waals surface area contributed by atoms with Gasteiger partial charge in [0.15, 0.2) is 0 Å². The Morgan fingerprint density at radius 2 is 1.62 bits per heavy atom. The second-order valence-corrected chi connectivity index (χ2v) is 6.51. The molecule has 0 aromatic carbocycles. The predicted octanol–water partition coefficient (Wildman–Crippen LogP) is 0.992. The predicted molar refractivity (Wildman–Crippen MR) is 101 cm³/mol. The molecule has 2 fully saturated rings. The molecule has 8 nitrogen and oxygen atoms in total. The summed E-state index contributed by atoms with van der Waals surface area (Å²) in [6.45, 7) is 9.00. The van der Waals surface area contributed by atoms with Crippen LogP contribution in [0.1, 0.15) is 12.6 Å². The Bertz CT molecular complexity index is 727. The molecule has 0 unspecified atom stereocenters. The number of morpholine rings is 1. The average molecular weight is 355 g/mol. The average Bonchev–Trinajstić information content (AvgIpc) is 2.75. The van der Waals surface area contributed by atoms with E-state index in [-0.39, 0.29) is 0 Å². The van der Waals surface area contributed by atoms with Crippen LogP contribution < -0.4 is 14.7 Å². The molecule has 138 valence electrons. The van der Waals surface area contributed by atoms with Gasteiger partial charge >= 0.3 is 0 Å². The first-order chi connectivity index (χ1) is 12.8. The molecule has 0 N–H and O–H groups in total. The van der Waals surface area contributed by atoms with Gasteiger partial charge in [0, 0.05) is 57.2 Å². The molecule has 26 heavy (non-hydrogen) atoms. The molecule has 0 aliphatic carbocycles. The van der Waals surface area contributed by atoms with E-state index in [1.165, 1.54) is 0 Å². The molecule has 0 spiro atoms. The molecular weight excluding hydrogens is 330 g/mol. The van der Waals surface area contributed by atoms with Gasteiger partial charge in [-0.3, -0.25) is 0 Å². The lowest BCUT2D eigenvalue weighted by Gasteiger charge is -2.36. The van der Waals surface area contributed by atoms with Crippen molar-refractivity contribution in [2.24, 2.45) is 0 Å². The van der Waals surface area contributed by atoms with Crippen molar-refractivity contribution in [1.82, 2.24) is 19.9 Å². The van der Waals surface area contributed by atoms with Crippen LogP contribution in [0, 0.1) is 0 Å². The van der Waals surface area contributed by atoms with Gasteiger partial charge in [-0.25, -0.2) is 15.0 Å². The number of hydrogen-bond donors (Lipinski definition) is 0. The van der Waals surface area contributed by atoms with E-state index in [1.54, 1.807) is 6.33 Å². The normalized spacial score (nSPS) is 18.3. The largest absolute Gasteiger partial charge is 0.378 e. The Morgan fingerprint density at radius 3 is 2.38 bits per heavy atom. The van der Waals surface area contributed by atoms with Crippen molar-refractivity contribution in [3.8, 4) is 0 Å². The monoisotopic (exact) mass is 355 g/mol. The molecule has 2 aliphatic rings. The number of nitrogens with zero attached hydrogens (tertiary/aromatic N) is 7. The van der Waals surface area contributed by atoms with E-state index in [9.17, 15) is 0 Å². The van der Waals surface area contributed by atoms with Crippen molar-refractivity contribution in [2.45, 2.75) is 13.3 Å². The van der Waals surface area contributed by atoms with E-state index >= 15 is 0 Å². The van der Waals surface area contributed by atoms with Crippen LogP contribution in [0.5, 0.6) is 0 Å². The lowest BCUT2D eigenvalue weighted by Crippen LogP contribution is -2.47. The van der Waals surface area contributed by atoms with Gasteiger partial charge in [-0.2, -0.15) is 4.98 Å². The van der Waals surface area contributed by atoms with Crippen LogP contribution in [-0.4, -0.2) is 72.4 Å². The highest BCUT2D eigenvalue weighted by Gasteiger charge is 2.21. The molecule has 0 bridgehead atoms. The highest BCUT2D eigenvalue weighted by molar-refractivity contribution is 5.46. The number of aromatic nitrogens is 4. The molecular formula is C18H25N7O. The van der Waals surface area contributed by atoms with Crippen molar-refractivity contribution >= 4 is 17.6 Å². The molecule has 8 heteroatoms. The quantitative estimate of drug-likeness (QED) is 0.804. The first kappa shape index (κ1) is 17.0. The molecule has 0 saturated carbocycles. The maximum atomic E-state index is 5.43. The van der Waals surface area contributed by atoms with Crippen LogP contribution in [0.4, 0.5) is 17.6 Å². The van der Waals surface area contributed by atoms with Crippen molar-refractivity contribution in [3.05, 3.63) is 30.4 Å². The standard InChI is InChI=1S/C18H25N7O/c1-2-15-13-17(21-14-20-15)23-5-7-25(8-6-23)18-19-4-3-16(22-18)24-9-11-26-12-10-24/h3-4,13-14H,2,5-12H2,1H3. The summed E-state index contributed by atoms with van der Waals surface area (Å²) in [4.78, 5) is 24.8. The van der Waals surface area contributed by atoms with E-state index in [4.69, 9.17) is 9.72 Å². The molecule has 2 saturated heterocycles. The molecule has 2 aromatic heterocycles. The molecule has 2 aliphatic heterocycles. The van der Waals surface area contributed by atoms with Gasteiger partial charge in [-0.15, -0.1) is 0 Å². The van der Waals surface area contributed by atoms with Crippen LogP contribution in [0.15, 0.2) is 24.7 Å². The number of rotatable bonds is 4. The zero-order chi connectivity index (χ0) is 17.8. The molecule has 0 atom stereocenters. The Balaban J connectivity index is 1.41. The van der Waals surface area contributed by atoms with E-state index < -0.39 is 0 Å². The summed E-state index contributed by atoms with van der Waals surface area (Å²) < 4.78 is 5.43. The van der Waals surface area contributed by atoms with Gasteiger partial charge in [-0.1, -0.05) is 6.92 Å². The first-order valence-electron chi connectivity index (χ1n) is 9.30.